The fourth-order valence-corrected chi connectivity index (χ4v) is 9.27. The van der Waals surface area contributed by atoms with Crippen LogP contribution in [0, 0.1) is 0 Å². The normalized spacial score (nSPS) is 14.8. The summed E-state index contributed by atoms with van der Waals surface area (Å²) >= 11 is 0. The van der Waals surface area contributed by atoms with Crippen molar-refractivity contribution in [2.45, 2.75) is 25.2 Å². The third-order valence-corrected chi connectivity index (χ3v) is 12.1. The van der Waals surface area contributed by atoms with Gasteiger partial charge in [0.15, 0.2) is 0 Å². The second-order valence-corrected chi connectivity index (χ2v) is 15.6. The molecule has 9 aromatic carbocycles. The first-order valence-electron chi connectivity index (χ1n) is 20.5. The van der Waals surface area contributed by atoms with Gasteiger partial charge < -0.3 is 9.80 Å². The molecule has 0 bridgehead atoms. The van der Waals surface area contributed by atoms with Crippen LogP contribution in [0.4, 0.5) is 28.4 Å². The van der Waals surface area contributed by atoms with E-state index < -0.39 is 0 Å². The van der Waals surface area contributed by atoms with Gasteiger partial charge in [-0.1, -0.05) is 170 Å². The second kappa shape index (κ2) is 14.4. The number of fused-ring (bicyclic) bond motifs is 5. The number of para-hydroxylation sites is 1. The third-order valence-electron chi connectivity index (χ3n) is 12.1. The first kappa shape index (κ1) is 34.1. The molecule has 276 valence electrons. The van der Waals surface area contributed by atoms with E-state index in [-0.39, 0.29) is 5.92 Å². The minimum absolute atomic E-state index is 0.199. The van der Waals surface area contributed by atoms with Crippen molar-refractivity contribution in [3.8, 4) is 0 Å². The summed E-state index contributed by atoms with van der Waals surface area (Å²) in [5.41, 5.74) is 8.40. The van der Waals surface area contributed by atoms with Crippen molar-refractivity contribution in [1.82, 2.24) is 0 Å². The van der Waals surface area contributed by atoms with Crippen molar-refractivity contribution < 1.29 is 0 Å². The zero-order valence-corrected chi connectivity index (χ0v) is 32.3. The van der Waals surface area contributed by atoms with E-state index in [0.717, 1.165) is 36.3 Å². The Morgan fingerprint density at radius 3 is 1.55 bits per heavy atom. The molecule has 9 aromatic rings. The van der Waals surface area contributed by atoms with Crippen LogP contribution in [-0.2, 0) is 0 Å². The van der Waals surface area contributed by atoms with Crippen LogP contribution in [-0.4, -0.2) is 0 Å². The molecule has 2 aliphatic rings. The lowest BCUT2D eigenvalue weighted by molar-refractivity contribution is 0.922. The lowest BCUT2D eigenvalue weighted by Gasteiger charge is -2.34. The maximum Gasteiger partial charge on any atom is 0.0616 e. The number of hydrogen-bond acceptors (Lipinski definition) is 2. The molecule has 0 fully saturated rings. The van der Waals surface area contributed by atoms with Crippen LogP contribution >= 0.6 is 0 Å². The van der Waals surface area contributed by atoms with E-state index in [2.05, 4.69) is 222 Å². The first-order valence-corrected chi connectivity index (χ1v) is 20.5. The van der Waals surface area contributed by atoms with Crippen molar-refractivity contribution in [2.75, 3.05) is 9.80 Å². The molecule has 0 radical (unpaired) electrons. The summed E-state index contributed by atoms with van der Waals surface area (Å²) < 4.78 is 0. The molecule has 58 heavy (non-hydrogen) atoms. The summed E-state index contributed by atoms with van der Waals surface area (Å²) in [7, 11) is 0. The van der Waals surface area contributed by atoms with Crippen molar-refractivity contribution in [3.63, 3.8) is 0 Å². The van der Waals surface area contributed by atoms with Crippen LogP contribution in [0.25, 0.3) is 55.2 Å². The Balaban J connectivity index is 1.25. The standard InChI is InChI=1S/C56H42N2/c1-3-21-47(22-4-1)57(49-32-29-40-16-8-11-19-43(40)36-49)55-51-25-13-14-26-52(51)56(54-38-46(31-34-53(54)55)45-28-27-39-15-7-10-18-42(39)35-45)58(48-23-5-2-6-24-48)50-33-30-41-17-9-12-20-44(41)37-50/h1,3-5,7-30,32-38,46H,2,6,31H2. The smallest absolute Gasteiger partial charge is 0.0616 e. The van der Waals surface area contributed by atoms with Gasteiger partial charge in [-0.05, 0) is 99.6 Å². The Morgan fingerprint density at radius 2 is 0.931 bits per heavy atom. The average Bonchev–Trinajstić information content (AvgIpc) is 3.30. The van der Waals surface area contributed by atoms with Crippen LogP contribution in [0.1, 0.15) is 30.7 Å². The molecule has 0 saturated carbocycles. The molecule has 0 aromatic heterocycles. The molecular weight excluding hydrogens is 701 g/mol. The molecule has 1 unspecified atom stereocenters. The largest absolute Gasteiger partial charge is 0.310 e. The van der Waals surface area contributed by atoms with E-state index in [1.165, 1.54) is 76.2 Å². The molecule has 2 aliphatic carbocycles. The first-order chi connectivity index (χ1) is 28.8. The van der Waals surface area contributed by atoms with Gasteiger partial charge in [0.1, 0.15) is 0 Å². The van der Waals surface area contributed by atoms with Gasteiger partial charge in [0.2, 0.25) is 0 Å². The van der Waals surface area contributed by atoms with E-state index in [1.54, 1.807) is 0 Å². The van der Waals surface area contributed by atoms with Gasteiger partial charge >= 0.3 is 0 Å². The monoisotopic (exact) mass is 742 g/mol. The Kier molecular flexibility index (Phi) is 8.47. The predicted octanol–water partition coefficient (Wildman–Crippen LogP) is 13.9. The molecule has 0 aliphatic heterocycles. The number of allylic oxidation sites excluding steroid dienone is 3. The highest BCUT2D eigenvalue weighted by molar-refractivity contribution is 6.08. The minimum Gasteiger partial charge on any atom is -0.310 e. The molecule has 2 heteroatoms. The van der Waals surface area contributed by atoms with E-state index in [0.29, 0.717) is 0 Å². The predicted molar refractivity (Wildman–Crippen MR) is 248 cm³/mol. The van der Waals surface area contributed by atoms with Crippen LogP contribution in [0.3, 0.4) is 0 Å². The van der Waals surface area contributed by atoms with Crippen LogP contribution in [0.5, 0.6) is 0 Å². The summed E-state index contributed by atoms with van der Waals surface area (Å²) in [6.07, 6.45) is 15.1. The zero-order valence-electron chi connectivity index (χ0n) is 32.3. The average molecular weight is 743 g/mol. The van der Waals surface area contributed by atoms with E-state index in [1.807, 2.05) is 0 Å². The van der Waals surface area contributed by atoms with Gasteiger partial charge in [-0.25, -0.2) is 0 Å². The molecule has 0 saturated heterocycles. The number of nitrogens with zero attached hydrogens (tertiary/aromatic N) is 2. The van der Waals surface area contributed by atoms with Crippen molar-refractivity contribution in [2.24, 2.45) is 0 Å². The fraction of sp³-hybridized carbons (Fsp3) is 0.0714. The van der Waals surface area contributed by atoms with Crippen LogP contribution < -0.4 is 20.2 Å². The summed E-state index contributed by atoms with van der Waals surface area (Å²) in [5, 5.41) is 12.4. The molecule has 1 atom stereocenters. The highest BCUT2D eigenvalue weighted by atomic mass is 15.2. The molecule has 0 heterocycles. The topological polar surface area (TPSA) is 6.48 Å². The summed E-state index contributed by atoms with van der Waals surface area (Å²) in [4.78, 5) is 5.04. The van der Waals surface area contributed by atoms with Gasteiger partial charge in [-0.2, -0.15) is 0 Å². The Morgan fingerprint density at radius 1 is 0.397 bits per heavy atom. The van der Waals surface area contributed by atoms with E-state index in [4.69, 9.17) is 0 Å². The third kappa shape index (κ3) is 5.97. The highest BCUT2D eigenvalue weighted by Gasteiger charge is 2.27. The lowest BCUT2D eigenvalue weighted by atomic mass is 9.86. The minimum atomic E-state index is 0.199. The quantitative estimate of drug-likeness (QED) is 0.150. The molecule has 11 rings (SSSR count). The maximum atomic E-state index is 2.58. The fourth-order valence-electron chi connectivity index (χ4n) is 9.27. The van der Waals surface area contributed by atoms with Crippen molar-refractivity contribution in [1.29, 1.82) is 0 Å². The second-order valence-electron chi connectivity index (χ2n) is 15.6. The SMILES string of the molecule is C1=CC(N(c2ccc3ccccc3c2)c2c3c(c(N(c4ccccc4)c4ccc5ccccc5c4)c4ccccc24)=CCC(c2ccc4ccccc4c2)C=3)=CCC1. The van der Waals surface area contributed by atoms with Crippen LogP contribution in [0.2, 0.25) is 0 Å². The van der Waals surface area contributed by atoms with Gasteiger partial charge in [-0.15, -0.1) is 0 Å². The maximum absolute atomic E-state index is 2.58. The van der Waals surface area contributed by atoms with E-state index >= 15 is 0 Å². The highest BCUT2D eigenvalue weighted by Crippen LogP contribution is 2.43. The molecule has 0 amide bonds. The summed E-state index contributed by atoms with van der Waals surface area (Å²) in [6, 6.07) is 67.0. The van der Waals surface area contributed by atoms with E-state index in [9.17, 15) is 0 Å². The van der Waals surface area contributed by atoms with Crippen molar-refractivity contribution in [3.05, 3.63) is 222 Å². The lowest BCUT2D eigenvalue weighted by Crippen LogP contribution is -2.38. The Bertz CT molecular complexity index is 3230. The molecule has 2 nitrogen and oxygen atoms in total. The van der Waals surface area contributed by atoms with Crippen molar-refractivity contribution >= 4 is 83.7 Å². The van der Waals surface area contributed by atoms with Gasteiger partial charge in [0, 0.05) is 49.9 Å². The van der Waals surface area contributed by atoms with Gasteiger partial charge in [0.25, 0.3) is 0 Å². The Hall–Kier alpha value is -7.16. The summed E-state index contributed by atoms with van der Waals surface area (Å²) in [6.45, 7) is 0. The summed E-state index contributed by atoms with van der Waals surface area (Å²) in [5.74, 6) is 0.199. The molecular formula is C56H42N2. The zero-order chi connectivity index (χ0) is 38.4. The number of rotatable bonds is 7. The van der Waals surface area contributed by atoms with Crippen LogP contribution in [0.15, 0.2) is 206 Å². The van der Waals surface area contributed by atoms with Gasteiger partial charge in [-0.3, -0.25) is 0 Å². The number of hydrogen-bond donors (Lipinski definition) is 0. The van der Waals surface area contributed by atoms with Gasteiger partial charge in [0.05, 0.1) is 11.4 Å². The number of benzene rings is 9. The molecule has 0 N–H and O–H groups in total. The molecule has 0 spiro atoms. The Labute approximate surface area is 339 Å². The number of anilines is 5.